The molecule has 0 spiro atoms. The number of Topliss-reactive ketones (excluding diaryl/α,β-unsaturated/α-hetero) is 1. The average Bonchev–Trinajstić information content (AvgIpc) is 2.37. The van der Waals surface area contributed by atoms with Crippen LogP contribution in [0.1, 0.15) is 27.7 Å². The van der Waals surface area contributed by atoms with Gasteiger partial charge >= 0.3 is 0 Å². The highest BCUT2D eigenvalue weighted by molar-refractivity contribution is 8.76. The number of rotatable bonds is 8. The van der Waals surface area contributed by atoms with Gasteiger partial charge in [-0.25, -0.2) is 4.98 Å². The van der Waals surface area contributed by atoms with Crippen LogP contribution in [0.15, 0.2) is 29.4 Å². The molecule has 1 rings (SSSR count). The van der Waals surface area contributed by atoms with E-state index in [9.17, 15) is 4.79 Å². The molecule has 0 aromatic carbocycles. The van der Waals surface area contributed by atoms with Gasteiger partial charge in [0.05, 0.1) is 6.04 Å². The van der Waals surface area contributed by atoms with Crippen molar-refractivity contribution in [2.24, 2.45) is 5.92 Å². The van der Waals surface area contributed by atoms with Gasteiger partial charge in [-0.15, -0.1) is 0 Å². The number of carbonyl (C=O) groups is 1. The van der Waals surface area contributed by atoms with E-state index in [1.165, 1.54) is 0 Å². The van der Waals surface area contributed by atoms with Gasteiger partial charge in [0.2, 0.25) is 0 Å². The molecular formula is C14H22N2OS2. The van der Waals surface area contributed by atoms with Crippen LogP contribution in [0.4, 0.5) is 0 Å². The number of hydrogen-bond acceptors (Lipinski definition) is 5. The molecule has 0 radical (unpaired) electrons. The largest absolute Gasteiger partial charge is 0.305 e. The SMILES string of the molecule is CC(C)NC(CSSc1ccccn1)C(=O)C(C)C. The monoisotopic (exact) mass is 298 g/mol. The lowest BCUT2D eigenvalue weighted by Crippen LogP contribution is -2.44. The summed E-state index contributed by atoms with van der Waals surface area (Å²) in [5.41, 5.74) is 0. The fraction of sp³-hybridized carbons (Fsp3) is 0.571. The normalized spacial score (nSPS) is 12.9. The molecule has 1 atom stereocenters. The first-order valence-corrected chi connectivity index (χ1v) is 8.83. The number of nitrogens with one attached hydrogen (secondary N) is 1. The molecule has 0 amide bonds. The Balaban J connectivity index is 2.46. The number of ketones is 1. The highest BCUT2D eigenvalue weighted by atomic mass is 33.1. The molecule has 0 bridgehead atoms. The molecule has 0 aliphatic heterocycles. The lowest BCUT2D eigenvalue weighted by Gasteiger charge is -2.21. The second-order valence-electron chi connectivity index (χ2n) is 4.97. The fourth-order valence-corrected chi connectivity index (χ4v) is 3.67. The Hall–Kier alpha value is -0.520. The molecule has 1 unspecified atom stereocenters. The maximum Gasteiger partial charge on any atom is 0.153 e. The molecule has 0 fully saturated rings. The number of aromatic nitrogens is 1. The maximum atomic E-state index is 12.1. The van der Waals surface area contributed by atoms with E-state index >= 15 is 0 Å². The van der Waals surface area contributed by atoms with Crippen molar-refractivity contribution in [1.82, 2.24) is 10.3 Å². The third kappa shape index (κ3) is 6.45. The van der Waals surface area contributed by atoms with E-state index in [-0.39, 0.29) is 17.7 Å². The van der Waals surface area contributed by atoms with Crippen molar-refractivity contribution in [1.29, 1.82) is 0 Å². The quantitative estimate of drug-likeness (QED) is 0.745. The zero-order valence-electron chi connectivity index (χ0n) is 11.9. The molecule has 5 heteroatoms. The van der Waals surface area contributed by atoms with Crippen LogP contribution in [0.25, 0.3) is 0 Å². The van der Waals surface area contributed by atoms with Crippen molar-refractivity contribution in [3.05, 3.63) is 24.4 Å². The van der Waals surface area contributed by atoms with Gasteiger partial charge in [-0.3, -0.25) is 4.79 Å². The van der Waals surface area contributed by atoms with Crippen LogP contribution in [0.3, 0.4) is 0 Å². The first-order valence-electron chi connectivity index (χ1n) is 6.51. The Morgan fingerprint density at radius 2 is 2.05 bits per heavy atom. The van der Waals surface area contributed by atoms with E-state index in [1.54, 1.807) is 27.8 Å². The summed E-state index contributed by atoms with van der Waals surface area (Å²) >= 11 is 0. The molecule has 3 nitrogen and oxygen atoms in total. The van der Waals surface area contributed by atoms with E-state index in [0.717, 1.165) is 10.8 Å². The summed E-state index contributed by atoms with van der Waals surface area (Å²) in [7, 11) is 3.29. The Labute approximate surface area is 123 Å². The molecule has 1 N–H and O–H groups in total. The van der Waals surface area contributed by atoms with Crippen molar-refractivity contribution in [2.45, 2.75) is 44.8 Å². The van der Waals surface area contributed by atoms with Gasteiger partial charge in [-0.05, 0) is 22.9 Å². The van der Waals surface area contributed by atoms with E-state index < -0.39 is 0 Å². The third-order valence-electron chi connectivity index (χ3n) is 2.46. The highest BCUT2D eigenvalue weighted by Gasteiger charge is 2.21. The minimum atomic E-state index is -0.0822. The zero-order valence-corrected chi connectivity index (χ0v) is 13.6. The van der Waals surface area contributed by atoms with Gasteiger partial charge < -0.3 is 5.32 Å². The first-order chi connectivity index (χ1) is 9.00. The van der Waals surface area contributed by atoms with Crippen LogP contribution < -0.4 is 5.32 Å². The predicted molar refractivity (Wildman–Crippen MR) is 84.5 cm³/mol. The number of pyridine rings is 1. The Bertz CT molecular complexity index is 382. The summed E-state index contributed by atoms with van der Waals surface area (Å²) in [5, 5.41) is 4.32. The van der Waals surface area contributed by atoms with Crippen LogP contribution >= 0.6 is 21.6 Å². The third-order valence-corrected chi connectivity index (χ3v) is 4.74. The van der Waals surface area contributed by atoms with Crippen molar-refractivity contribution in [3.63, 3.8) is 0 Å². The van der Waals surface area contributed by atoms with Gasteiger partial charge in [0, 0.05) is 23.9 Å². The molecular weight excluding hydrogens is 276 g/mol. The molecule has 1 aromatic heterocycles. The minimum Gasteiger partial charge on any atom is -0.305 e. The van der Waals surface area contributed by atoms with Crippen LogP contribution in [0.2, 0.25) is 0 Å². The van der Waals surface area contributed by atoms with Gasteiger partial charge in [0.25, 0.3) is 0 Å². The standard InChI is InChI=1S/C14H22N2OS2/c1-10(2)14(17)12(16-11(3)4)9-18-19-13-7-5-6-8-15-13/h5-8,10-12,16H,9H2,1-4H3. The van der Waals surface area contributed by atoms with Crippen molar-refractivity contribution < 1.29 is 4.79 Å². The van der Waals surface area contributed by atoms with E-state index in [4.69, 9.17) is 0 Å². The molecule has 1 aromatic rings. The predicted octanol–water partition coefficient (Wildman–Crippen LogP) is 3.41. The number of nitrogens with zero attached hydrogens (tertiary/aromatic N) is 1. The number of carbonyl (C=O) groups excluding carboxylic acids is 1. The van der Waals surface area contributed by atoms with Crippen LogP contribution in [0, 0.1) is 5.92 Å². The molecule has 0 saturated heterocycles. The van der Waals surface area contributed by atoms with Gasteiger partial charge in [0.1, 0.15) is 5.03 Å². The van der Waals surface area contributed by atoms with E-state index in [0.29, 0.717) is 6.04 Å². The Morgan fingerprint density at radius 3 is 2.58 bits per heavy atom. The summed E-state index contributed by atoms with van der Waals surface area (Å²) in [4.78, 5) is 16.4. The summed E-state index contributed by atoms with van der Waals surface area (Å²) in [5.74, 6) is 1.11. The second kappa shape index (κ2) is 8.61. The van der Waals surface area contributed by atoms with Crippen LogP contribution in [-0.4, -0.2) is 28.6 Å². The highest BCUT2D eigenvalue weighted by Crippen LogP contribution is 2.29. The van der Waals surface area contributed by atoms with Crippen LogP contribution in [0.5, 0.6) is 0 Å². The molecule has 0 aliphatic carbocycles. The molecule has 0 aliphatic rings. The molecule has 1 heterocycles. The zero-order chi connectivity index (χ0) is 14.3. The van der Waals surface area contributed by atoms with Gasteiger partial charge in [0.15, 0.2) is 5.78 Å². The Kier molecular flexibility index (Phi) is 7.49. The molecule has 19 heavy (non-hydrogen) atoms. The number of hydrogen-bond donors (Lipinski definition) is 1. The average molecular weight is 298 g/mol. The first kappa shape index (κ1) is 16.5. The summed E-state index contributed by atoms with van der Waals surface area (Å²) in [6.45, 7) is 8.04. The topological polar surface area (TPSA) is 42.0 Å². The minimum absolute atomic E-state index is 0.0664. The molecule has 106 valence electrons. The fourth-order valence-electron chi connectivity index (χ4n) is 1.58. The van der Waals surface area contributed by atoms with E-state index in [2.05, 4.69) is 24.1 Å². The lowest BCUT2D eigenvalue weighted by atomic mass is 10.0. The van der Waals surface area contributed by atoms with Gasteiger partial charge in [-0.2, -0.15) is 0 Å². The smallest absolute Gasteiger partial charge is 0.153 e. The van der Waals surface area contributed by atoms with Gasteiger partial charge in [-0.1, -0.05) is 44.6 Å². The van der Waals surface area contributed by atoms with Crippen molar-refractivity contribution >= 4 is 27.4 Å². The molecule has 0 saturated carbocycles. The Morgan fingerprint density at radius 1 is 1.32 bits per heavy atom. The van der Waals surface area contributed by atoms with Crippen molar-refractivity contribution in [2.75, 3.05) is 5.75 Å². The summed E-state index contributed by atoms with van der Waals surface area (Å²) < 4.78 is 0. The summed E-state index contributed by atoms with van der Waals surface area (Å²) in [6.07, 6.45) is 1.78. The lowest BCUT2D eigenvalue weighted by molar-refractivity contribution is -0.123. The van der Waals surface area contributed by atoms with Crippen molar-refractivity contribution in [3.8, 4) is 0 Å². The second-order valence-corrected chi connectivity index (χ2v) is 7.33. The van der Waals surface area contributed by atoms with Crippen LogP contribution in [-0.2, 0) is 4.79 Å². The maximum absolute atomic E-state index is 12.1. The summed E-state index contributed by atoms with van der Waals surface area (Å²) in [6, 6.07) is 6.08. The van der Waals surface area contributed by atoms with E-state index in [1.807, 2.05) is 32.0 Å².